The monoisotopic (exact) mass is 271 g/mol. The lowest BCUT2D eigenvalue weighted by Gasteiger charge is -2.27. The number of hydrogen-bond donors (Lipinski definition) is 1. The third-order valence-corrected chi connectivity index (χ3v) is 3.62. The number of benzene rings is 2. The molecule has 0 aromatic heterocycles. The van der Waals surface area contributed by atoms with Crippen molar-refractivity contribution in [2.75, 3.05) is 0 Å². The fourth-order valence-corrected chi connectivity index (χ4v) is 2.45. The van der Waals surface area contributed by atoms with Crippen molar-refractivity contribution in [1.82, 2.24) is 5.32 Å². The molecule has 1 nitrogen and oxygen atoms in total. The highest BCUT2D eigenvalue weighted by Crippen LogP contribution is 2.25. The Morgan fingerprint density at radius 3 is 1.95 bits per heavy atom. The Balaban J connectivity index is 2.14. The van der Waals surface area contributed by atoms with Crippen molar-refractivity contribution in [1.29, 1.82) is 0 Å². The van der Waals surface area contributed by atoms with Crippen LogP contribution < -0.4 is 5.32 Å². The van der Waals surface area contributed by atoms with Crippen molar-refractivity contribution in [2.24, 2.45) is 5.92 Å². The van der Waals surface area contributed by atoms with Crippen LogP contribution in [0.15, 0.2) is 54.6 Å². The highest BCUT2D eigenvalue weighted by atomic mass is 19.1. The van der Waals surface area contributed by atoms with Gasteiger partial charge in [0.05, 0.1) is 0 Å². The second-order valence-corrected chi connectivity index (χ2v) is 5.57. The molecule has 2 atom stereocenters. The van der Waals surface area contributed by atoms with Gasteiger partial charge in [0.2, 0.25) is 0 Å². The zero-order valence-electron chi connectivity index (χ0n) is 12.3. The van der Waals surface area contributed by atoms with E-state index in [9.17, 15) is 4.39 Å². The minimum Gasteiger partial charge on any atom is -0.303 e. The molecular formula is C18H22FN. The zero-order chi connectivity index (χ0) is 14.5. The van der Waals surface area contributed by atoms with Crippen molar-refractivity contribution in [2.45, 2.75) is 32.9 Å². The number of rotatable bonds is 5. The minimum absolute atomic E-state index is 0.184. The summed E-state index contributed by atoms with van der Waals surface area (Å²) < 4.78 is 13.0. The first-order valence-corrected chi connectivity index (χ1v) is 7.14. The summed E-state index contributed by atoms with van der Waals surface area (Å²) in [6, 6.07) is 17.6. The largest absolute Gasteiger partial charge is 0.303 e. The summed E-state index contributed by atoms with van der Waals surface area (Å²) in [7, 11) is 0. The lowest BCUT2D eigenvalue weighted by atomic mass is 9.94. The van der Waals surface area contributed by atoms with Crippen LogP contribution >= 0.6 is 0 Å². The maximum Gasteiger partial charge on any atom is 0.123 e. The SMILES string of the molecule is CC(NC(c1ccccc1)C(C)C)c1ccc(F)cc1. The van der Waals surface area contributed by atoms with Gasteiger partial charge in [-0.15, -0.1) is 0 Å². The van der Waals surface area contributed by atoms with Gasteiger partial charge in [0.25, 0.3) is 0 Å². The van der Waals surface area contributed by atoms with E-state index in [2.05, 4.69) is 50.4 Å². The highest BCUT2D eigenvalue weighted by molar-refractivity contribution is 5.23. The van der Waals surface area contributed by atoms with Crippen molar-refractivity contribution in [3.05, 3.63) is 71.5 Å². The van der Waals surface area contributed by atoms with Crippen LogP contribution in [-0.2, 0) is 0 Å². The molecule has 0 aliphatic rings. The first-order chi connectivity index (χ1) is 9.58. The molecule has 1 N–H and O–H groups in total. The fourth-order valence-electron chi connectivity index (χ4n) is 2.45. The average molecular weight is 271 g/mol. The van der Waals surface area contributed by atoms with E-state index in [0.717, 1.165) is 5.56 Å². The Hall–Kier alpha value is -1.67. The third kappa shape index (κ3) is 3.67. The van der Waals surface area contributed by atoms with Gasteiger partial charge < -0.3 is 5.32 Å². The maximum atomic E-state index is 13.0. The van der Waals surface area contributed by atoms with E-state index >= 15 is 0 Å². The summed E-state index contributed by atoms with van der Waals surface area (Å²) in [6.45, 7) is 6.54. The predicted octanol–water partition coefficient (Wildman–Crippen LogP) is 4.87. The van der Waals surface area contributed by atoms with Gasteiger partial charge in [-0.05, 0) is 36.1 Å². The Labute approximate surface area is 120 Å². The molecule has 2 rings (SSSR count). The van der Waals surface area contributed by atoms with Gasteiger partial charge in [-0.3, -0.25) is 0 Å². The van der Waals surface area contributed by atoms with Gasteiger partial charge in [0.1, 0.15) is 5.82 Å². The molecular weight excluding hydrogens is 249 g/mol. The van der Waals surface area contributed by atoms with Crippen LogP contribution in [0.3, 0.4) is 0 Å². The van der Waals surface area contributed by atoms with Crippen molar-refractivity contribution in [3.63, 3.8) is 0 Å². The summed E-state index contributed by atoms with van der Waals surface area (Å²) in [4.78, 5) is 0. The van der Waals surface area contributed by atoms with Crippen molar-refractivity contribution < 1.29 is 4.39 Å². The molecule has 2 unspecified atom stereocenters. The highest BCUT2D eigenvalue weighted by Gasteiger charge is 2.18. The molecule has 0 heterocycles. The van der Waals surface area contributed by atoms with Gasteiger partial charge >= 0.3 is 0 Å². The molecule has 106 valence electrons. The van der Waals surface area contributed by atoms with Gasteiger partial charge in [0.15, 0.2) is 0 Å². The second-order valence-electron chi connectivity index (χ2n) is 5.57. The summed E-state index contributed by atoms with van der Waals surface area (Å²) in [5.41, 5.74) is 2.39. The maximum absolute atomic E-state index is 13.0. The van der Waals surface area contributed by atoms with Crippen molar-refractivity contribution in [3.8, 4) is 0 Å². The quantitative estimate of drug-likeness (QED) is 0.817. The predicted molar refractivity (Wildman–Crippen MR) is 82.0 cm³/mol. The molecule has 2 heteroatoms. The first-order valence-electron chi connectivity index (χ1n) is 7.14. The molecule has 0 aliphatic carbocycles. The average Bonchev–Trinajstić information content (AvgIpc) is 2.46. The van der Waals surface area contributed by atoms with Gasteiger partial charge in [-0.25, -0.2) is 4.39 Å². The summed E-state index contributed by atoms with van der Waals surface area (Å²) in [5, 5.41) is 3.65. The Morgan fingerprint density at radius 1 is 0.800 bits per heavy atom. The van der Waals surface area contributed by atoms with Gasteiger partial charge in [-0.2, -0.15) is 0 Å². The Morgan fingerprint density at radius 2 is 1.40 bits per heavy atom. The standard InChI is InChI=1S/C18H22FN/c1-13(2)18(16-7-5-4-6-8-16)20-14(3)15-9-11-17(19)12-10-15/h4-14,18,20H,1-3H3. The van der Waals surface area contributed by atoms with Crippen LogP contribution in [0.1, 0.15) is 44.0 Å². The molecule has 2 aromatic rings. The molecule has 2 aromatic carbocycles. The molecule has 0 radical (unpaired) electrons. The van der Waals surface area contributed by atoms with E-state index in [4.69, 9.17) is 0 Å². The number of nitrogens with one attached hydrogen (secondary N) is 1. The summed E-state index contributed by atoms with van der Waals surface area (Å²) in [6.07, 6.45) is 0. The van der Waals surface area contributed by atoms with Crippen LogP contribution in [0.25, 0.3) is 0 Å². The normalized spacial score (nSPS) is 14.2. The fraction of sp³-hybridized carbons (Fsp3) is 0.333. The first kappa shape index (κ1) is 14.7. The van der Waals surface area contributed by atoms with Gasteiger partial charge in [-0.1, -0.05) is 56.3 Å². The smallest absolute Gasteiger partial charge is 0.123 e. The van der Waals surface area contributed by atoms with Crippen LogP contribution in [0.4, 0.5) is 4.39 Å². The molecule has 0 aliphatic heterocycles. The third-order valence-electron chi connectivity index (χ3n) is 3.62. The minimum atomic E-state index is -0.190. The van der Waals surface area contributed by atoms with E-state index < -0.39 is 0 Å². The summed E-state index contributed by atoms with van der Waals surface area (Å²) >= 11 is 0. The number of halogens is 1. The Bertz CT molecular complexity index is 519. The second kappa shape index (κ2) is 6.67. The van der Waals surface area contributed by atoms with E-state index in [-0.39, 0.29) is 17.9 Å². The van der Waals surface area contributed by atoms with Gasteiger partial charge in [0, 0.05) is 12.1 Å². The lowest BCUT2D eigenvalue weighted by molar-refractivity contribution is 0.374. The molecule has 0 fully saturated rings. The van der Waals surface area contributed by atoms with E-state index in [0.29, 0.717) is 5.92 Å². The van der Waals surface area contributed by atoms with Crippen LogP contribution in [-0.4, -0.2) is 0 Å². The van der Waals surface area contributed by atoms with Crippen LogP contribution in [0.5, 0.6) is 0 Å². The molecule has 0 amide bonds. The zero-order valence-corrected chi connectivity index (χ0v) is 12.3. The molecule has 0 saturated carbocycles. The molecule has 0 saturated heterocycles. The molecule has 20 heavy (non-hydrogen) atoms. The molecule has 0 spiro atoms. The summed E-state index contributed by atoms with van der Waals surface area (Å²) in [5.74, 6) is 0.296. The van der Waals surface area contributed by atoms with E-state index in [1.54, 1.807) is 0 Å². The lowest BCUT2D eigenvalue weighted by Crippen LogP contribution is -2.28. The Kier molecular flexibility index (Phi) is 4.91. The van der Waals surface area contributed by atoms with Crippen LogP contribution in [0, 0.1) is 11.7 Å². The van der Waals surface area contributed by atoms with Crippen LogP contribution in [0.2, 0.25) is 0 Å². The topological polar surface area (TPSA) is 12.0 Å². The number of hydrogen-bond acceptors (Lipinski definition) is 1. The van der Waals surface area contributed by atoms with Crippen molar-refractivity contribution >= 4 is 0 Å². The van der Waals surface area contributed by atoms with E-state index in [1.165, 1.54) is 17.7 Å². The van der Waals surface area contributed by atoms with E-state index in [1.807, 2.05) is 18.2 Å². The molecule has 0 bridgehead atoms.